The second-order valence-corrected chi connectivity index (χ2v) is 13.0. The molecule has 0 spiro atoms. The number of amides is 1. The molecule has 226 valence electrons. The molecule has 8 nitrogen and oxygen atoms in total. The third kappa shape index (κ3) is 8.98. The van der Waals surface area contributed by atoms with Crippen molar-refractivity contribution in [2.75, 3.05) is 38.7 Å². The van der Waals surface area contributed by atoms with Gasteiger partial charge < -0.3 is 30.5 Å². The van der Waals surface area contributed by atoms with Crippen molar-refractivity contribution in [2.45, 2.75) is 95.9 Å². The number of pyridine rings is 1. The molecule has 2 heterocycles. The fourth-order valence-electron chi connectivity index (χ4n) is 5.49. The van der Waals surface area contributed by atoms with Crippen molar-refractivity contribution in [1.29, 1.82) is 0 Å². The standard InChI is InChI=1S/C33H50N4O4/c1-23-9-15-41-14-7-6-12-34-27-18-24(22-40-5)17-25(19-27)31(39)37-28(16-23)29(38)21-36-33(10-11-33)30-20-26(8-13-35-30)32(2,3)4/h8,13,17-20,23,28-29,34,36,38H,6-7,9-12,14-16,21-22H2,1-5H3,(H,37,39). The summed E-state index contributed by atoms with van der Waals surface area (Å²) in [4.78, 5) is 18.3. The molecule has 1 aromatic carbocycles. The van der Waals surface area contributed by atoms with E-state index in [1.807, 2.05) is 24.4 Å². The Bertz CT molecular complexity index is 1140. The normalized spacial score (nSPS) is 22.8. The zero-order valence-electron chi connectivity index (χ0n) is 25.6. The Morgan fingerprint density at radius 2 is 2.00 bits per heavy atom. The van der Waals surface area contributed by atoms with Gasteiger partial charge in [0.05, 0.1) is 30.0 Å². The first-order chi connectivity index (χ1) is 19.6. The van der Waals surface area contributed by atoms with Crippen LogP contribution in [0.3, 0.4) is 0 Å². The number of anilines is 1. The van der Waals surface area contributed by atoms with Crippen LogP contribution in [-0.2, 0) is 27.0 Å². The number of nitrogens with zero attached hydrogens (tertiary/aromatic N) is 1. The van der Waals surface area contributed by atoms with Gasteiger partial charge in [-0.3, -0.25) is 9.78 Å². The van der Waals surface area contributed by atoms with E-state index >= 15 is 0 Å². The molecule has 1 fully saturated rings. The van der Waals surface area contributed by atoms with Gasteiger partial charge in [-0.15, -0.1) is 0 Å². The van der Waals surface area contributed by atoms with E-state index < -0.39 is 12.1 Å². The fraction of sp³-hybridized carbons (Fsp3) is 0.636. The van der Waals surface area contributed by atoms with Gasteiger partial charge in [-0.1, -0.05) is 27.7 Å². The lowest BCUT2D eigenvalue weighted by Crippen LogP contribution is -2.50. The van der Waals surface area contributed by atoms with Crippen molar-refractivity contribution < 1.29 is 19.4 Å². The first kappa shape index (κ1) is 31.4. The quantitative estimate of drug-likeness (QED) is 0.378. The van der Waals surface area contributed by atoms with Gasteiger partial charge in [0, 0.05) is 50.9 Å². The van der Waals surface area contributed by atoms with Crippen LogP contribution >= 0.6 is 0 Å². The molecule has 8 heteroatoms. The molecule has 2 aromatic rings. The van der Waals surface area contributed by atoms with Crippen LogP contribution in [0.4, 0.5) is 5.69 Å². The molecule has 0 saturated heterocycles. The molecule has 2 aliphatic rings. The first-order valence-electron chi connectivity index (χ1n) is 15.2. The highest BCUT2D eigenvalue weighted by molar-refractivity contribution is 5.95. The Hall–Kier alpha value is -2.52. The zero-order valence-corrected chi connectivity index (χ0v) is 25.6. The van der Waals surface area contributed by atoms with Crippen molar-refractivity contribution in [3.05, 3.63) is 58.9 Å². The number of hydrogen-bond acceptors (Lipinski definition) is 7. The van der Waals surface area contributed by atoms with E-state index in [1.54, 1.807) is 7.11 Å². The van der Waals surface area contributed by atoms with Gasteiger partial charge in [0.15, 0.2) is 0 Å². The Morgan fingerprint density at radius 1 is 1.20 bits per heavy atom. The molecule has 1 aliphatic heterocycles. The van der Waals surface area contributed by atoms with Crippen molar-refractivity contribution in [1.82, 2.24) is 15.6 Å². The number of nitrogens with one attached hydrogen (secondary N) is 3. The number of fused-ring (bicyclic) bond motifs is 2. The number of rotatable bonds is 7. The van der Waals surface area contributed by atoms with E-state index in [0.29, 0.717) is 31.7 Å². The molecule has 1 aromatic heterocycles. The minimum Gasteiger partial charge on any atom is -0.390 e. The lowest BCUT2D eigenvalue weighted by Gasteiger charge is -2.29. The second-order valence-electron chi connectivity index (χ2n) is 13.0. The van der Waals surface area contributed by atoms with Crippen LogP contribution in [0.1, 0.15) is 93.4 Å². The van der Waals surface area contributed by atoms with E-state index in [2.05, 4.69) is 55.8 Å². The molecule has 1 aliphatic carbocycles. The van der Waals surface area contributed by atoms with Gasteiger partial charge in [0.25, 0.3) is 5.91 Å². The predicted octanol–water partition coefficient (Wildman–Crippen LogP) is 4.90. The van der Waals surface area contributed by atoms with E-state index in [-0.39, 0.29) is 22.8 Å². The lowest BCUT2D eigenvalue weighted by molar-refractivity contribution is 0.0751. The van der Waals surface area contributed by atoms with Gasteiger partial charge in [-0.05, 0) is 91.3 Å². The summed E-state index contributed by atoms with van der Waals surface area (Å²) in [6.07, 6.45) is 6.60. The highest BCUT2D eigenvalue weighted by atomic mass is 16.5. The summed E-state index contributed by atoms with van der Waals surface area (Å²) in [6.45, 7) is 11.8. The molecule has 4 rings (SSSR count). The van der Waals surface area contributed by atoms with Crippen LogP contribution < -0.4 is 16.0 Å². The lowest BCUT2D eigenvalue weighted by atomic mass is 9.86. The summed E-state index contributed by atoms with van der Waals surface area (Å²) in [7, 11) is 1.65. The molecular weight excluding hydrogens is 516 g/mol. The molecule has 3 atom stereocenters. The molecule has 1 saturated carbocycles. The number of ether oxygens (including phenoxy) is 2. The second kappa shape index (κ2) is 14.1. The number of carbonyl (C=O) groups is 1. The van der Waals surface area contributed by atoms with Gasteiger partial charge in [-0.25, -0.2) is 0 Å². The van der Waals surface area contributed by atoms with Crippen molar-refractivity contribution in [2.24, 2.45) is 5.92 Å². The average Bonchev–Trinajstić information content (AvgIpc) is 3.73. The Morgan fingerprint density at radius 3 is 2.73 bits per heavy atom. The summed E-state index contributed by atoms with van der Waals surface area (Å²) in [5, 5.41) is 21.7. The third-order valence-corrected chi connectivity index (χ3v) is 8.32. The predicted molar refractivity (Wildman–Crippen MR) is 163 cm³/mol. The van der Waals surface area contributed by atoms with Crippen molar-refractivity contribution >= 4 is 11.6 Å². The zero-order chi connectivity index (χ0) is 29.5. The Balaban J connectivity index is 1.50. The van der Waals surface area contributed by atoms with Crippen molar-refractivity contribution in [3.8, 4) is 0 Å². The number of aromatic nitrogens is 1. The monoisotopic (exact) mass is 566 g/mol. The maximum Gasteiger partial charge on any atom is 0.251 e. The van der Waals surface area contributed by atoms with E-state index in [9.17, 15) is 9.90 Å². The number of aliphatic hydroxyl groups excluding tert-OH is 1. The van der Waals surface area contributed by atoms with E-state index in [1.165, 1.54) is 5.56 Å². The van der Waals surface area contributed by atoms with Crippen LogP contribution in [0.25, 0.3) is 0 Å². The van der Waals surface area contributed by atoms with Gasteiger partial charge in [0.1, 0.15) is 0 Å². The van der Waals surface area contributed by atoms with Crippen LogP contribution in [0.2, 0.25) is 0 Å². The topological polar surface area (TPSA) is 105 Å². The smallest absolute Gasteiger partial charge is 0.251 e. The first-order valence-corrected chi connectivity index (χ1v) is 15.2. The van der Waals surface area contributed by atoms with Gasteiger partial charge in [0.2, 0.25) is 0 Å². The van der Waals surface area contributed by atoms with Gasteiger partial charge in [-0.2, -0.15) is 0 Å². The van der Waals surface area contributed by atoms with Crippen LogP contribution in [0, 0.1) is 5.92 Å². The number of methoxy groups -OCH3 is 1. The molecule has 41 heavy (non-hydrogen) atoms. The summed E-state index contributed by atoms with van der Waals surface area (Å²) in [5.41, 5.74) is 4.49. The van der Waals surface area contributed by atoms with Gasteiger partial charge >= 0.3 is 0 Å². The SMILES string of the molecule is COCc1cc2cc(c1)C(=O)NC(C(O)CNC1(c3cc(C(C)(C)C)ccn3)CC1)CC(C)CCOCCCCN2. The highest BCUT2D eigenvalue weighted by Crippen LogP contribution is 2.45. The molecular formula is C33H50N4O4. The Kier molecular flexibility index (Phi) is 10.8. The number of carbonyl (C=O) groups excluding carboxylic acids is 1. The number of benzene rings is 1. The fourth-order valence-corrected chi connectivity index (χ4v) is 5.49. The van der Waals surface area contributed by atoms with Crippen LogP contribution in [0.5, 0.6) is 0 Å². The maximum atomic E-state index is 13.6. The van der Waals surface area contributed by atoms with Crippen LogP contribution in [-0.4, -0.2) is 61.6 Å². The minimum absolute atomic E-state index is 0.0388. The average molecular weight is 567 g/mol. The minimum atomic E-state index is -0.760. The molecule has 2 bridgehead atoms. The third-order valence-electron chi connectivity index (χ3n) is 8.32. The van der Waals surface area contributed by atoms with E-state index in [4.69, 9.17) is 14.5 Å². The van der Waals surface area contributed by atoms with E-state index in [0.717, 1.165) is 62.2 Å². The molecule has 1 amide bonds. The molecule has 0 radical (unpaired) electrons. The summed E-state index contributed by atoms with van der Waals surface area (Å²) >= 11 is 0. The summed E-state index contributed by atoms with van der Waals surface area (Å²) < 4.78 is 11.2. The summed E-state index contributed by atoms with van der Waals surface area (Å²) in [6, 6.07) is 9.65. The number of hydrogen-bond donors (Lipinski definition) is 4. The summed E-state index contributed by atoms with van der Waals surface area (Å²) in [5.74, 6) is 0.0891. The Labute approximate surface area is 246 Å². The molecule has 3 unspecified atom stereocenters. The van der Waals surface area contributed by atoms with Crippen LogP contribution in [0.15, 0.2) is 36.5 Å². The largest absolute Gasteiger partial charge is 0.390 e. The maximum absolute atomic E-state index is 13.6. The van der Waals surface area contributed by atoms with Crippen molar-refractivity contribution in [3.63, 3.8) is 0 Å². The molecule has 4 N–H and O–H groups in total. The highest BCUT2D eigenvalue weighted by Gasteiger charge is 2.46. The number of aliphatic hydroxyl groups is 1.